The summed E-state index contributed by atoms with van der Waals surface area (Å²) in [5.41, 5.74) is 0. The van der Waals surface area contributed by atoms with Crippen LogP contribution >= 0.6 is 23.2 Å². The molecule has 5 nitrogen and oxygen atoms in total. The largest absolute Gasteiger partial charge is 0.482 e. The van der Waals surface area contributed by atoms with Crippen molar-refractivity contribution in [2.75, 3.05) is 24.6 Å². The number of aromatic nitrogens is 1. The van der Waals surface area contributed by atoms with Crippen LogP contribution in [0, 0.1) is 0 Å². The van der Waals surface area contributed by atoms with Gasteiger partial charge in [0.15, 0.2) is 6.61 Å². The molecule has 7 heteroatoms. The van der Waals surface area contributed by atoms with Crippen molar-refractivity contribution in [2.24, 2.45) is 0 Å². The molecule has 1 aliphatic heterocycles. The molecule has 0 aliphatic carbocycles. The number of amides is 1. The first kappa shape index (κ1) is 15.9. The van der Waals surface area contributed by atoms with Crippen LogP contribution in [0.5, 0.6) is 5.75 Å². The van der Waals surface area contributed by atoms with Crippen LogP contribution in [0.25, 0.3) is 0 Å². The van der Waals surface area contributed by atoms with E-state index < -0.39 is 0 Å². The standard InChI is InChI=1S/C16H15Cl2N3O2/c17-11-4-5-14(13(18)7-11)23-10-16(22)20-12-8-21(9-12)15-3-1-2-6-19-15/h1-7,12H,8-10H2,(H,20,22). The van der Waals surface area contributed by atoms with E-state index in [4.69, 9.17) is 27.9 Å². The minimum absolute atomic E-state index is 0.0819. The molecule has 1 amide bonds. The van der Waals surface area contributed by atoms with E-state index in [0.29, 0.717) is 15.8 Å². The number of ether oxygens (including phenoxy) is 1. The van der Waals surface area contributed by atoms with E-state index in [9.17, 15) is 4.79 Å². The van der Waals surface area contributed by atoms with Crippen LogP contribution < -0.4 is 15.0 Å². The van der Waals surface area contributed by atoms with E-state index in [0.717, 1.165) is 18.9 Å². The van der Waals surface area contributed by atoms with Gasteiger partial charge in [-0.1, -0.05) is 29.3 Å². The number of carbonyl (C=O) groups is 1. The summed E-state index contributed by atoms with van der Waals surface area (Å²) in [6.45, 7) is 1.40. The number of carbonyl (C=O) groups excluding carboxylic acids is 1. The van der Waals surface area contributed by atoms with E-state index in [-0.39, 0.29) is 18.6 Å². The molecule has 23 heavy (non-hydrogen) atoms. The smallest absolute Gasteiger partial charge is 0.258 e. The molecule has 2 aromatic rings. The summed E-state index contributed by atoms with van der Waals surface area (Å²) in [5.74, 6) is 1.18. The molecular formula is C16H15Cl2N3O2. The third-order valence-corrected chi connectivity index (χ3v) is 4.00. The van der Waals surface area contributed by atoms with Gasteiger partial charge in [0, 0.05) is 24.3 Å². The zero-order valence-corrected chi connectivity index (χ0v) is 13.7. The summed E-state index contributed by atoms with van der Waals surface area (Å²) < 4.78 is 5.41. The summed E-state index contributed by atoms with van der Waals surface area (Å²) in [4.78, 5) is 18.3. The maximum atomic E-state index is 11.9. The fourth-order valence-electron chi connectivity index (χ4n) is 2.30. The molecule has 1 aliphatic rings. The van der Waals surface area contributed by atoms with Crippen molar-refractivity contribution in [3.05, 3.63) is 52.6 Å². The van der Waals surface area contributed by atoms with Crippen LogP contribution in [0.2, 0.25) is 10.0 Å². The lowest BCUT2D eigenvalue weighted by atomic mass is 10.1. The Labute approximate surface area is 144 Å². The van der Waals surface area contributed by atoms with Crippen LogP contribution in [0.1, 0.15) is 0 Å². The predicted molar refractivity (Wildman–Crippen MR) is 90.3 cm³/mol. The van der Waals surface area contributed by atoms with Crippen molar-refractivity contribution in [3.8, 4) is 5.75 Å². The monoisotopic (exact) mass is 351 g/mol. The van der Waals surface area contributed by atoms with Gasteiger partial charge in [-0.2, -0.15) is 0 Å². The van der Waals surface area contributed by atoms with Gasteiger partial charge in [-0.25, -0.2) is 4.98 Å². The van der Waals surface area contributed by atoms with Crippen molar-refractivity contribution >= 4 is 34.9 Å². The Morgan fingerprint density at radius 1 is 1.30 bits per heavy atom. The Morgan fingerprint density at radius 2 is 2.13 bits per heavy atom. The summed E-state index contributed by atoms with van der Waals surface area (Å²) in [6.07, 6.45) is 1.75. The number of anilines is 1. The number of hydrogen-bond donors (Lipinski definition) is 1. The van der Waals surface area contributed by atoms with Gasteiger partial charge in [0.25, 0.3) is 5.91 Å². The first-order valence-electron chi connectivity index (χ1n) is 7.15. The highest BCUT2D eigenvalue weighted by Gasteiger charge is 2.28. The van der Waals surface area contributed by atoms with E-state index in [1.165, 1.54) is 0 Å². The Hall–Kier alpha value is -1.98. The maximum absolute atomic E-state index is 11.9. The summed E-state index contributed by atoms with van der Waals surface area (Å²) >= 11 is 11.8. The molecule has 0 unspecified atom stereocenters. The molecule has 1 N–H and O–H groups in total. The normalized spacial score (nSPS) is 14.3. The lowest BCUT2D eigenvalue weighted by Gasteiger charge is -2.40. The fourth-order valence-corrected chi connectivity index (χ4v) is 2.77. The van der Waals surface area contributed by atoms with Crippen LogP contribution in [-0.2, 0) is 4.79 Å². The van der Waals surface area contributed by atoms with Gasteiger partial charge in [0.2, 0.25) is 0 Å². The fraction of sp³-hybridized carbons (Fsp3) is 0.250. The maximum Gasteiger partial charge on any atom is 0.258 e. The van der Waals surface area contributed by atoms with Gasteiger partial charge < -0.3 is 15.0 Å². The van der Waals surface area contributed by atoms with Crippen molar-refractivity contribution in [2.45, 2.75) is 6.04 Å². The number of rotatable bonds is 5. The van der Waals surface area contributed by atoms with Crippen LogP contribution in [0.15, 0.2) is 42.6 Å². The van der Waals surface area contributed by atoms with Gasteiger partial charge in [-0.3, -0.25) is 4.79 Å². The van der Waals surface area contributed by atoms with E-state index in [1.807, 2.05) is 18.2 Å². The summed E-state index contributed by atoms with van der Waals surface area (Å²) in [6, 6.07) is 10.8. The molecule has 0 bridgehead atoms. The number of nitrogens with one attached hydrogen (secondary N) is 1. The van der Waals surface area contributed by atoms with Gasteiger partial charge >= 0.3 is 0 Å². The molecule has 120 valence electrons. The summed E-state index contributed by atoms with van der Waals surface area (Å²) in [7, 11) is 0. The number of halogens is 2. The van der Waals surface area contributed by atoms with E-state index >= 15 is 0 Å². The quantitative estimate of drug-likeness (QED) is 0.899. The zero-order chi connectivity index (χ0) is 16.2. The molecule has 0 atom stereocenters. The van der Waals surface area contributed by atoms with Gasteiger partial charge in [-0.15, -0.1) is 0 Å². The molecule has 0 spiro atoms. The zero-order valence-electron chi connectivity index (χ0n) is 12.2. The van der Waals surface area contributed by atoms with Crippen LogP contribution in [-0.4, -0.2) is 36.6 Å². The van der Waals surface area contributed by atoms with Crippen LogP contribution in [0.3, 0.4) is 0 Å². The first-order valence-corrected chi connectivity index (χ1v) is 7.90. The third-order valence-electron chi connectivity index (χ3n) is 3.47. The molecule has 3 rings (SSSR count). The minimum atomic E-state index is -0.179. The number of benzene rings is 1. The second-order valence-corrected chi connectivity index (χ2v) is 6.06. The Kier molecular flexibility index (Phi) is 4.88. The van der Waals surface area contributed by atoms with Crippen LogP contribution in [0.4, 0.5) is 5.82 Å². The van der Waals surface area contributed by atoms with Gasteiger partial charge in [0.1, 0.15) is 11.6 Å². The number of pyridine rings is 1. The second kappa shape index (κ2) is 7.06. The Morgan fingerprint density at radius 3 is 2.83 bits per heavy atom. The Bertz CT molecular complexity index is 691. The highest BCUT2D eigenvalue weighted by molar-refractivity contribution is 6.35. The molecule has 1 aromatic carbocycles. The van der Waals surface area contributed by atoms with E-state index in [1.54, 1.807) is 24.4 Å². The molecule has 0 saturated carbocycles. The van der Waals surface area contributed by atoms with Crippen molar-refractivity contribution in [1.82, 2.24) is 10.3 Å². The van der Waals surface area contributed by atoms with Crippen molar-refractivity contribution in [1.29, 1.82) is 0 Å². The van der Waals surface area contributed by atoms with Crippen molar-refractivity contribution in [3.63, 3.8) is 0 Å². The molecule has 1 aromatic heterocycles. The highest BCUT2D eigenvalue weighted by atomic mass is 35.5. The molecule has 1 saturated heterocycles. The topological polar surface area (TPSA) is 54.5 Å². The van der Waals surface area contributed by atoms with Gasteiger partial charge in [-0.05, 0) is 30.3 Å². The lowest BCUT2D eigenvalue weighted by molar-refractivity contribution is -0.123. The average molecular weight is 352 g/mol. The average Bonchev–Trinajstić information content (AvgIpc) is 2.50. The highest BCUT2D eigenvalue weighted by Crippen LogP contribution is 2.27. The SMILES string of the molecule is O=C(COc1ccc(Cl)cc1Cl)NC1CN(c2ccccn2)C1. The van der Waals surface area contributed by atoms with Crippen molar-refractivity contribution < 1.29 is 9.53 Å². The van der Waals surface area contributed by atoms with Gasteiger partial charge in [0.05, 0.1) is 11.1 Å². The number of hydrogen-bond acceptors (Lipinski definition) is 4. The molecule has 1 fully saturated rings. The number of nitrogens with zero attached hydrogens (tertiary/aromatic N) is 2. The first-order chi connectivity index (χ1) is 11.1. The third kappa shape index (κ3) is 4.06. The molecular weight excluding hydrogens is 337 g/mol. The minimum Gasteiger partial charge on any atom is -0.482 e. The summed E-state index contributed by atoms with van der Waals surface area (Å²) in [5, 5.41) is 3.82. The second-order valence-electron chi connectivity index (χ2n) is 5.22. The molecule has 0 radical (unpaired) electrons. The lowest BCUT2D eigenvalue weighted by Crippen LogP contribution is -2.60. The van der Waals surface area contributed by atoms with E-state index in [2.05, 4.69) is 15.2 Å². The predicted octanol–water partition coefficient (Wildman–Crippen LogP) is 2.77. The Balaban J connectivity index is 1.42. The molecule has 2 heterocycles.